The van der Waals surface area contributed by atoms with Crippen molar-refractivity contribution in [2.24, 2.45) is 15.7 Å². The Balaban J connectivity index is 4.10. The van der Waals surface area contributed by atoms with Gasteiger partial charge in [-0.05, 0) is 13.8 Å². The molecule has 0 aromatic rings. The maximum absolute atomic E-state index is 8.86. The predicted molar refractivity (Wildman–Crippen MR) is 78.2 cm³/mol. The SMILES string of the molecule is C=C(C)/N=C(C)\N=C(/N)NCCN(CCO)CCO. The van der Waals surface area contributed by atoms with Crippen molar-refractivity contribution in [3.63, 3.8) is 0 Å². The van der Waals surface area contributed by atoms with Crippen molar-refractivity contribution in [1.82, 2.24) is 10.2 Å². The van der Waals surface area contributed by atoms with Crippen LogP contribution in [0.5, 0.6) is 0 Å². The van der Waals surface area contributed by atoms with Gasteiger partial charge in [-0.3, -0.25) is 4.90 Å². The Kier molecular flexibility index (Phi) is 9.69. The van der Waals surface area contributed by atoms with Gasteiger partial charge in [-0.15, -0.1) is 0 Å². The van der Waals surface area contributed by atoms with E-state index in [0.29, 0.717) is 37.7 Å². The van der Waals surface area contributed by atoms with Gasteiger partial charge in [0.15, 0.2) is 5.96 Å². The minimum atomic E-state index is 0.0634. The summed E-state index contributed by atoms with van der Waals surface area (Å²) in [6.45, 7) is 9.59. The van der Waals surface area contributed by atoms with E-state index >= 15 is 0 Å². The third-order valence-corrected chi connectivity index (χ3v) is 2.20. The largest absolute Gasteiger partial charge is 0.395 e. The van der Waals surface area contributed by atoms with Gasteiger partial charge in [-0.2, -0.15) is 0 Å². The highest BCUT2D eigenvalue weighted by molar-refractivity contribution is 5.94. The first-order chi connectivity index (χ1) is 8.99. The average Bonchev–Trinajstić information content (AvgIpc) is 2.28. The molecule has 7 heteroatoms. The maximum Gasteiger partial charge on any atom is 0.195 e. The van der Waals surface area contributed by atoms with Gasteiger partial charge < -0.3 is 21.3 Å². The van der Waals surface area contributed by atoms with Gasteiger partial charge in [0, 0.05) is 31.9 Å². The second-order valence-electron chi connectivity index (χ2n) is 4.11. The summed E-state index contributed by atoms with van der Waals surface area (Å²) in [5.74, 6) is 0.829. The Morgan fingerprint density at radius 1 is 1.16 bits per heavy atom. The highest BCUT2D eigenvalue weighted by Crippen LogP contribution is 1.91. The van der Waals surface area contributed by atoms with Crippen molar-refractivity contribution in [3.05, 3.63) is 12.3 Å². The van der Waals surface area contributed by atoms with Gasteiger partial charge in [0.05, 0.1) is 13.2 Å². The molecule has 0 saturated heterocycles. The fourth-order valence-electron chi connectivity index (χ4n) is 1.48. The molecule has 0 aliphatic heterocycles. The predicted octanol–water partition coefficient (Wildman–Crippen LogP) is -0.871. The molecule has 0 amide bonds. The molecule has 0 fully saturated rings. The first-order valence-electron chi connectivity index (χ1n) is 6.22. The first-order valence-corrected chi connectivity index (χ1v) is 6.22. The van der Waals surface area contributed by atoms with E-state index < -0.39 is 0 Å². The third kappa shape index (κ3) is 10.2. The van der Waals surface area contributed by atoms with E-state index in [4.69, 9.17) is 15.9 Å². The van der Waals surface area contributed by atoms with E-state index in [1.54, 1.807) is 13.8 Å². The number of aliphatic imine (C=N–C) groups is 2. The van der Waals surface area contributed by atoms with E-state index in [0.717, 1.165) is 0 Å². The molecule has 110 valence electrons. The molecule has 5 N–H and O–H groups in total. The summed E-state index contributed by atoms with van der Waals surface area (Å²) in [6, 6.07) is 0. The number of amidine groups is 1. The highest BCUT2D eigenvalue weighted by Gasteiger charge is 2.03. The Bertz CT molecular complexity index is 322. The van der Waals surface area contributed by atoms with Gasteiger partial charge in [-0.25, -0.2) is 9.98 Å². The van der Waals surface area contributed by atoms with Crippen LogP contribution in [0.1, 0.15) is 13.8 Å². The van der Waals surface area contributed by atoms with Crippen LogP contribution in [0.2, 0.25) is 0 Å². The second-order valence-corrected chi connectivity index (χ2v) is 4.11. The molecule has 0 saturated carbocycles. The van der Waals surface area contributed by atoms with Crippen molar-refractivity contribution >= 4 is 11.8 Å². The number of allylic oxidation sites excluding steroid dienone is 1. The molecule has 0 aliphatic carbocycles. The standard InChI is InChI=1S/C12H25N5O2/c1-10(2)15-11(3)16-12(13)14-4-5-17(6-8-18)7-9-19/h18-19H,1,4-9H2,2-3H3,(H3,13,14,15,16). The van der Waals surface area contributed by atoms with Crippen LogP contribution in [-0.4, -0.2) is 66.3 Å². The van der Waals surface area contributed by atoms with Crippen LogP contribution in [0, 0.1) is 0 Å². The number of nitrogens with one attached hydrogen (secondary N) is 1. The summed E-state index contributed by atoms with van der Waals surface area (Å²) in [7, 11) is 0. The van der Waals surface area contributed by atoms with Crippen LogP contribution < -0.4 is 11.1 Å². The lowest BCUT2D eigenvalue weighted by atomic mass is 10.4. The van der Waals surface area contributed by atoms with E-state index in [9.17, 15) is 0 Å². The molecular formula is C12H25N5O2. The summed E-state index contributed by atoms with van der Waals surface area (Å²) in [5, 5.41) is 20.7. The van der Waals surface area contributed by atoms with Crippen LogP contribution in [0.3, 0.4) is 0 Å². The van der Waals surface area contributed by atoms with Gasteiger partial charge in [-0.1, -0.05) is 6.58 Å². The topological polar surface area (TPSA) is 106 Å². The van der Waals surface area contributed by atoms with Gasteiger partial charge in [0.1, 0.15) is 5.84 Å². The number of guanidine groups is 1. The lowest BCUT2D eigenvalue weighted by Crippen LogP contribution is -2.40. The Morgan fingerprint density at radius 2 is 1.74 bits per heavy atom. The smallest absolute Gasteiger partial charge is 0.195 e. The van der Waals surface area contributed by atoms with Gasteiger partial charge in [0.25, 0.3) is 0 Å². The molecule has 0 aliphatic rings. The summed E-state index contributed by atoms with van der Waals surface area (Å²) in [5.41, 5.74) is 6.37. The zero-order valence-electron chi connectivity index (χ0n) is 11.8. The van der Waals surface area contributed by atoms with Crippen LogP contribution in [0.4, 0.5) is 0 Å². The van der Waals surface area contributed by atoms with Crippen molar-refractivity contribution < 1.29 is 10.2 Å². The van der Waals surface area contributed by atoms with Gasteiger partial charge >= 0.3 is 0 Å². The number of hydrogen-bond donors (Lipinski definition) is 4. The molecule has 0 atom stereocenters. The van der Waals surface area contributed by atoms with E-state index in [2.05, 4.69) is 21.9 Å². The molecule has 0 rings (SSSR count). The quantitative estimate of drug-likeness (QED) is 0.339. The molecule has 0 radical (unpaired) electrons. The molecule has 0 spiro atoms. The summed E-state index contributed by atoms with van der Waals surface area (Å²) in [6.07, 6.45) is 0. The number of rotatable bonds is 8. The Hall–Kier alpha value is -1.44. The van der Waals surface area contributed by atoms with Crippen molar-refractivity contribution in [2.45, 2.75) is 13.8 Å². The van der Waals surface area contributed by atoms with E-state index in [1.165, 1.54) is 0 Å². The molecule has 0 unspecified atom stereocenters. The van der Waals surface area contributed by atoms with E-state index in [-0.39, 0.29) is 19.2 Å². The summed E-state index contributed by atoms with van der Waals surface area (Å²) < 4.78 is 0. The number of hydrogen-bond acceptors (Lipinski definition) is 4. The number of nitrogens with two attached hydrogens (primary N) is 1. The normalized spacial score (nSPS) is 12.9. The fraction of sp³-hybridized carbons (Fsp3) is 0.667. The number of aliphatic hydroxyl groups is 2. The van der Waals surface area contributed by atoms with Crippen molar-refractivity contribution in [3.8, 4) is 0 Å². The first kappa shape index (κ1) is 17.6. The molecule has 7 nitrogen and oxygen atoms in total. The Morgan fingerprint density at radius 3 is 2.21 bits per heavy atom. The summed E-state index contributed by atoms with van der Waals surface area (Å²) >= 11 is 0. The van der Waals surface area contributed by atoms with Crippen LogP contribution in [0.25, 0.3) is 0 Å². The fourth-order valence-corrected chi connectivity index (χ4v) is 1.48. The minimum Gasteiger partial charge on any atom is -0.395 e. The maximum atomic E-state index is 8.86. The monoisotopic (exact) mass is 271 g/mol. The molecule has 0 bridgehead atoms. The van der Waals surface area contributed by atoms with Crippen molar-refractivity contribution in [2.75, 3.05) is 39.4 Å². The van der Waals surface area contributed by atoms with E-state index in [1.807, 2.05) is 4.90 Å². The lowest BCUT2D eigenvalue weighted by molar-refractivity contribution is 0.163. The minimum absolute atomic E-state index is 0.0634. The number of aliphatic hydroxyl groups excluding tert-OH is 2. The third-order valence-electron chi connectivity index (χ3n) is 2.20. The molecule has 0 aromatic carbocycles. The van der Waals surface area contributed by atoms with Gasteiger partial charge in [0.2, 0.25) is 0 Å². The van der Waals surface area contributed by atoms with Crippen LogP contribution in [-0.2, 0) is 0 Å². The average molecular weight is 271 g/mol. The molecule has 0 heterocycles. The number of nitrogens with zero attached hydrogens (tertiary/aromatic N) is 3. The lowest BCUT2D eigenvalue weighted by Gasteiger charge is -2.20. The molecule has 0 aromatic heterocycles. The molecule has 19 heavy (non-hydrogen) atoms. The highest BCUT2D eigenvalue weighted by atomic mass is 16.3. The summed E-state index contributed by atoms with van der Waals surface area (Å²) in [4.78, 5) is 10.0. The van der Waals surface area contributed by atoms with Crippen molar-refractivity contribution in [1.29, 1.82) is 0 Å². The zero-order valence-corrected chi connectivity index (χ0v) is 11.8. The Labute approximate surface area is 114 Å². The van der Waals surface area contributed by atoms with Crippen LogP contribution in [0.15, 0.2) is 22.3 Å². The zero-order chi connectivity index (χ0) is 14.7. The molecular weight excluding hydrogens is 246 g/mol. The van der Waals surface area contributed by atoms with Crippen LogP contribution >= 0.6 is 0 Å². The second kappa shape index (κ2) is 10.5.